The molecule has 0 spiro atoms. The highest BCUT2D eigenvalue weighted by Crippen LogP contribution is 2.29. The zero-order chi connectivity index (χ0) is 21.5. The highest BCUT2D eigenvalue weighted by Gasteiger charge is 2.14. The molecule has 0 aliphatic rings. The minimum Gasteiger partial charge on any atom is -0.497 e. The van der Waals surface area contributed by atoms with Crippen molar-refractivity contribution in [1.82, 2.24) is 0 Å². The van der Waals surface area contributed by atoms with Crippen molar-refractivity contribution in [3.63, 3.8) is 0 Å². The van der Waals surface area contributed by atoms with Crippen LogP contribution >= 0.6 is 0 Å². The van der Waals surface area contributed by atoms with Crippen LogP contribution < -0.4 is 14.2 Å². The maximum Gasteiger partial charge on any atom is 0.343 e. The summed E-state index contributed by atoms with van der Waals surface area (Å²) in [5.74, 6) is 0.813. The molecule has 5 heteroatoms. The molecule has 0 amide bonds. The normalized spacial score (nSPS) is 10.6. The maximum absolute atomic E-state index is 12.5. The van der Waals surface area contributed by atoms with Crippen LogP contribution in [0.5, 0.6) is 17.2 Å². The number of ether oxygens (including phenoxy) is 3. The second kappa shape index (κ2) is 9.56. The van der Waals surface area contributed by atoms with Gasteiger partial charge < -0.3 is 14.2 Å². The third kappa shape index (κ3) is 4.94. The Kier molecular flexibility index (Phi) is 6.65. The first-order valence-electron chi connectivity index (χ1n) is 9.34. The van der Waals surface area contributed by atoms with E-state index in [0.29, 0.717) is 28.4 Å². The van der Waals surface area contributed by atoms with Crippen molar-refractivity contribution in [1.29, 1.82) is 0 Å². The lowest BCUT2D eigenvalue weighted by molar-refractivity contribution is 0.0728. The molecule has 0 aromatic heterocycles. The Morgan fingerprint density at radius 2 is 1.57 bits per heavy atom. The number of ketones is 1. The number of rotatable bonds is 7. The summed E-state index contributed by atoms with van der Waals surface area (Å²) < 4.78 is 16.0. The lowest BCUT2D eigenvalue weighted by Crippen LogP contribution is -2.10. The van der Waals surface area contributed by atoms with Gasteiger partial charge in [-0.15, -0.1) is 0 Å². The molecular weight excluding hydrogens is 380 g/mol. The van der Waals surface area contributed by atoms with Gasteiger partial charge in [0.1, 0.15) is 5.75 Å². The zero-order valence-corrected chi connectivity index (χ0v) is 17.0. The highest BCUT2D eigenvalue weighted by molar-refractivity contribution is 6.06. The number of allylic oxidation sites excluding steroid dienone is 1. The van der Waals surface area contributed by atoms with Gasteiger partial charge in [-0.25, -0.2) is 4.79 Å². The van der Waals surface area contributed by atoms with Gasteiger partial charge in [0.25, 0.3) is 0 Å². The maximum atomic E-state index is 12.5. The van der Waals surface area contributed by atoms with Crippen LogP contribution in [0.15, 0.2) is 72.8 Å². The molecule has 0 N–H and O–H groups in total. The van der Waals surface area contributed by atoms with E-state index in [4.69, 9.17) is 14.2 Å². The van der Waals surface area contributed by atoms with E-state index in [1.807, 2.05) is 19.1 Å². The molecule has 0 heterocycles. The number of benzene rings is 3. The molecule has 0 radical (unpaired) electrons. The molecule has 3 aromatic rings. The Balaban J connectivity index is 1.74. The van der Waals surface area contributed by atoms with Gasteiger partial charge >= 0.3 is 5.97 Å². The summed E-state index contributed by atoms with van der Waals surface area (Å²) in [6.45, 7) is 1.85. The highest BCUT2D eigenvalue weighted by atomic mass is 16.6. The standard InChI is InChI=1S/C25H22O5/c1-17-6-4-5-7-21(17)25(27)30-23-15-9-18(16-24(23)29-3)8-14-22(26)19-10-12-20(28-2)13-11-19/h4-16H,1-3H3/b14-8+. The minimum absolute atomic E-state index is 0.133. The predicted octanol–water partition coefficient (Wildman–Crippen LogP) is 5.13. The Morgan fingerprint density at radius 3 is 2.23 bits per heavy atom. The molecule has 0 saturated heterocycles. The van der Waals surface area contributed by atoms with E-state index < -0.39 is 5.97 Å². The second-order valence-corrected chi connectivity index (χ2v) is 6.54. The smallest absolute Gasteiger partial charge is 0.343 e. The van der Waals surface area contributed by atoms with Crippen LogP contribution in [0.1, 0.15) is 31.8 Å². The van der Waals surface area contributed by atoms with Crippen LogP contribution in [-0.2, 0) is 0 Å². The number of carbonyl (C=O) groups excluding carboxylic acids is 2. The van der Waals surface area contributed by atoms with E-state index in [1.54, 1.807) is 67.8 Å². The average Bonchev–Trinajstić information content (AvgIpc) is 2.78. The number of aryl methyl sites for hydroxylation is 1. The summed E-state index contributed by atoms with van der Waals surface area (Å²) >= 11 is 0. The fraction of sp³-hybridized carbons (Fsp3) is 0.120. The quantitative estimate of drug-likeness (QED) is 0.237. The molecule has 0 aliphatic carbocycles. The van der Waals surface area contributed by atoms with Gasteiger partial charge in [0.05, 0.1) is 19.8 Å². The molecule has 0 unspecified atom stereocenters. The van der Waals surface area contributed by atoms with Crippen LogP contribution in [0.2, 0.25) is 0 Å². The molecule has 30 heavy (non-hydrogen) atoms. The molecule has 0 fully saturated rings. The van der Waals surface area contributed by atoms with Crippen molar-refractivity contribution in [3.8, 4) is 17.2 Å². The summed E-state index contributed by atoms with van der Waals surface area (Å²) in [6, 6.07) is 19.2. The minimum atomic E-state index is -0.454. The first-order valence-corrected chi connectivity index (χ1v) is 9.34. The fourth-order valence-corrected chi connectivity index (χ4v) is 2.85. The van der Waals surface area contributed by atoms with Gasteiger partial charge in [-0.3, -0.25) is 4.79 Å². The molecule has 0 saturated carbocycles. The number of carbonyl (C=O) groups is 2. The van der Waals surface area contributed by atoms with Crippen LogP contribution in [0.3, 0.4) is 0 Å². The van der Waals surface area contributed by atoms with Crippen LogP contribution in [-0.4, -0.2) is 26.0 Å². The Hall–Kier alpha value is -3.86. The monoisotopic (exact) mass is 402 g/mol. The van der Waals surface area contributed by atoms with E-state index in [9.17, 15) is 9.59 Å². The molecule has 0 atom stereocenters. The zero-order valence-electron chi connectivity index (χ0n) is 17.0. The van der Waals surface area contributed by atoms with Gasteiger partial charge in [0, 0.05) is 5.56 Å². The van der Waals surface area contributed by atoms with Crippen molar-refractivity contribution >= 4 is 17.8 Å². The molecular formula is C25H22O5. The lowest BCUT2D eigenvalue weighted by atomic mass is 10.1. The SMILES string of the molecule is COc1ccc(C(=O)/C=C/c2ccc(OC(=O)c3ccccc3C)c(OC)c2)cc1. The molecule has 0 aliphatic heterocycles. The van der Waals surface area contributed by atoms with Gasteiger partial charge in [0.15, 0.2) is 17.3 Å². The Bertz CT molecular complexity index is 1080. The molecule has 152 valence electrons. The summed E-state index contributed by atoms with van der Waals surface area (Å²) in [7, 11) is 3.07. The first-order chi connectivity index (χ1) is 14.5. The molecule has 0 bridgehead atoms. The number of methoxy groups -OCH3 is 2. The van der Waals surface area contributed by atoms with Crippen molar-refractivity contribution in [2.24, 2.45) is 0 Å². The van der Waals surface area contributed by atoms with E-state index in [2.05, 4.69) is 0 Å². The van der Waals surface area contributed by atoms with Crippen LogP contribution in [0.25, 0.3) is 6.08 Å². The van der Waals surface area contributed by atoms with Crippen molar-refractivity contribution in [2.75, 3.05) is 14.2 Å². The molecule has 3 rings (SSSR count). The average molecular weight is 402 g/mol. The van der Waals surface area contributed by atoms with Crippen molar-refractivity contribution in [2.45, 2.75) is 6.92 Å². The Morgan fingerprint density at radius 1 is 0.833 bits per heavy atom. The fourth-order valence-electron chi connectivity index (χ4n) is 2.85. The van der Waals surface area contributed by atoms with E-state index in [-0.39, 0.29) is 5.78 Å². The molecule has 5 nitrogen and oxygen atoms in total. The summed E-state index contributed by atoms with van der Waals surface area (Å²) in [5, 5.41) is 0. The van der Waals surface area contributed by atoms with Gasteiger partial charge in [-0.05, 0) is 66.6 Å². The van der Waals surface area contributed by atoms with Crippen molar-refractivity contribution in [3.05, 3.63) is 95.1 Å². The summed E-state index contributed by atoms with van der Waals surface area (Å²) in [6.07, 6.45) is 3.16. The van der Waals surface area contributed by atoms with E-state index >= 15 is 0 Å². The molecule has 3 aromatic carbocycles. The summed E-state index contributed by atoms with van der Waals surface area (Å²) in [5.41, 5.74) is 2.62. The van der Waals surface area contributed by atoms with E-state index in [1.165, 1.54) is 13.2 Å². The Labute approximate surface area is 175 Å². The van der Waals surface area contributed by atoms with Gasteiger partial charge in [-0.1, -0.05) is 30.3 Å². The van der Waals surface area contributed by atoms with Gasteiger partial charge in [-0.2, -0.15) is 0 Å². The lowest BCUT2D eigenvalue weighted by Gasteiger charge is -2.11. The number of hydrogen-bond acceptors (Lipinski definition) is 5. The first kappa shape index (κ1) is 20.9. The predicted molar refractivity (Wildman–Crippen MR) is 115 cm³/mol. The topological polar surface area (TPSA) is 61.8 Å². The second-order valence-electron chi connectivity index (χ2n) is 6.54. The van der Waals surface area contributed by atoms with E-state index in [0.717, 1.165) is 11.1 Å². The largest absolute Gasteiger partial charge is 0.497 e. The third-order valence-corrected chi connectivity index (χ3v) is 4.56. The van der Waals surface area contributed by atoms with Crippen molar-refractivity contribution < 1.29 is 23.8 Å². The van der Waals surface area contributed by atoms with Crippen LogP contribution in [0.4, 0.5) is 0 Å². The van der Waals surface area contributed by atoms with Crippen LogP contribution in [0, 0.1) is 6.92 Å². The number of esters is 1. The summed E-state index contributed by atoms with van der Waals surface area (Å²) in [4.78, 5) is 24.8. The number of hydrogen-bond donors (Lipinski definition) is 0. The van der Waals surface area contributed by atoms with Gasteiger partial charge in [0.2, 0.25) is 0 Å². The third-order valence-electron chi connectivity index (χ3n) is 4.56.